The summed E-state index contributed by atoms with van der Waals surface area (Å²) in [7, 11) is 0. The highest BCUT2D eigenvalue weighted by atomic mass is 14.3. The summed E-state index contributed by atoms with van der Waals surface area (Å²) in [5.41, 5.74) is 0.529. The van der Waals surface area contributed by atoms with E-state index in [-0.39, 0.29) is 0 Å². The lowest BCUT2D eigenvalue weighted by Gasteiger charge is -2.32. The van der Waals surface area contributed by atoms with E-state index in [2.05, 4.69) is 48.5 Å². The topological polar surface area (TPSA) is 0 Å². The zero-order chi connectivity index (χ0) is 13.5. The Morgan fingerprint density at radius 2 is 1.53 bits per heavy atom. The van der Waals surface area contributed by atoms with Gasteiger partial charge in [0.05, 0.1) is 0 Å². The first-order chi connectivity index (χ1) is 7.80. The van der Waals surface area contributed by atoms with Crippen LogP contribution in [0.1, 0.15) is 87.0 Å². The molecule has 0 heteroatoms. The molecule has 0 aromatic rings. The van der Waals surface area contributed by atoms with Crippen LogP contribution in [0.5, 0.6) is 0 Å². The molecular formula is C17H36. The SMILES string of the molecule is CCCC(CC(C)CC)CC(C)(C)CC(C)C. The molecule has 0 heterocycles. The van der Waals surface area contributed by atoms with Gasteiger partial charge in [0.15, 0.2) is 0 Å². The molecule has 0 bridgehead atoms. The Labute approximate surface area is 111 Å². The third-order valence-corrected chi connectivity index (χ3v) is 3.93. The molecule has 0 aliphatic heterocycles. The largest absolute Gasteiger partial charge is 0.0654 e. The fraction of sp³-hybridized carbons (Fsp3) is 1.00. The van der Waals surface area contributed by atoms with Crippen LogP contribution in [0.15, 0.2) is 0 Å². The van der Waals surface area contributed by atoms with Crippen molar-refractivity contribution in [2.75, 3.05) is 0 Å². The summed E-state index contributed by atoms with van der Waals surface area (Å²) in [5.74, 6) is 2.68. The Bertz CT molecular complexity index is 178. The zero-order valence-corrected chi connectivity index (χ0v) is 13.5. The zero-order valence-electron chi connectivity index (χ0n) is 13.5. The van der Waals surface area contributed by atoms with E-state index in [0.717, 1.165) is 17.8 Å². The molecule has 104 valence electrons. The van der Waals surface area contributed by atoms with E-state index < -0.39 is 0 Å². The molecule has 0 nitrogen and oxygen atoms in total. The molecule has 0 aromatic heterocycles. The number of rotatable bonds is 9. The normalized spacial score (nSPS) is 16.2. The second kappa shape index (κ2) is 8.16. The molecule has 0 aliphatic carbocycles. The average molecular weight is 240 g/mol. The molecule has 0 fully saturated rings. The van der Waals surface area contributed by atoms with E-state index in [1.165, 1.54) is 38.5 Å². The van der Waals surface area contributed by atoms with Crippen LogP contribution >= 0.6 is 0 Å². The maximum Gasteiger partial charge on any atom is -0.0349 e. The van der Waals surface area contributed by atoms with Gasteiger partial charge < -0.3 is 0 Å². The minimum Gasteiger partial charge on any atom is -0.0654 e. The Morgan fingerprint density at radius 1 is 0.941 bits per heavy atom. The van der Waals surface area contributed by atoms with Crippen molar-refractivity contribution in [2.24, 2.45) is 23.2 Å². The predicted molar refractivity (Wildman–Crippen MR) is 80.3 cm³/mol. The second-order valence-electron chi connectivity index (χ2n) is 7.37. The molecule has 2 unspecified atom stereocenters. The molecule has 0 aliphatic rings. The van der Waals surface area contributed by atoms with Crippen molar-refractivity contribution in [3.8, 4) is 0 Å². The third-order valence-electron chi connectivity index (χ3n) is 3.93. The highest BCUT2D eigenvalue weighted by Gasteiger charge is 2.24. The summed E-state index contributed by atoms with van der Waals surface area (Å²) in [6, 6.07) is 0. The van der Waals surface area contributed by atoms with E-state index in [9.17, 15) is 0 Å². The van der Waals surface area contributed by atoms with E-state index in [1.54, 1.807) is 0 Å². The molecule has 0 saturated carbocycles. The fourth-order valence-corrected chi connectivity index (χ4v) is 3.42. The maximum absolute atomic E-state index is 2.46. The molecule has 0 spiro atoms. The van der Waals surface area contributed by atoms with E-state index in [1.807, 2.05) is 0 Å². The van der Waals surface area contributed by atoms with Crippen LogP contribution in [-0.2, 0) is 0 Å². The van der Waals surface area contributed by atoms with Crippen LogP contribution in [0.25, 0.3) is 0 Å². The quantitative estimate of drug-likeness (QED) is 0.443. The Kier molecular flexibility index (Phi) is 8.16. The highest BCUT2D eigenvalue weighted by Crippen LogP contribution is 2.36. The molecule has 2 atom stereocenters. The molecule has 0 aromatic carbocycles. The lowest BCUT2D eigenvalue weighted by Crippen LogP contribution is -2.20. The van der Waals surface area contributed by atoms with Gasteiger partial charge in [-0.25, -0.2) is 0 Å². The van der Waals surface area contributed by atoms with Gasteiger partial charge in [0, 0.05) is 0 Å². The first-order valence-corrected chi connectivity index (χ1v) is 7.80. The third kappa shape index (κ3) is 8.69. The minimum atomic E-state index is 0.529. The Balaban J connectivity index is 4.30. The van der Waals surface area contributed by atoms with E-state index in [4.69, 9.17) is 0 Å². The molecule has 0 N–H and O–H groups in total. The van der Waals surface area contributed by atoms with Gasteiger partial charge in [-0.1, -0.05) is 67.7 Å². The summed E-state index contributed by atoms with van der Waals surface area (Å²) in [6.07, 6.45) is 8.33. The van der Waals surface area contributed by atoms with Crippen molar-refractivity contribution in [1.82, 2.24) is 0 Å². The van der Waals surface area contributed by atoms with E-state index in [0.29, 0.717) is 5.41 Å². The van der Waals surface area contributed by atoms with Gasteiger partial charge in [-0.3, -0.25) is 0 Å². The van der Waals surface area contributed by atoms with Crippen molar-refractivity contribution in [3.63, 3.8) is 0 Å². The van der Waals surface area contributed by atoms with Gasteiger partial charge in [-0.05, 0) is 42.4 Å². The second-order valence-corrected chi connectivity index (χ2v) is 7.37. The molecule has 17 heavy (non-hydrogen) atoms. The van der Waals surface area contributed by atoms with Crippen molar-refractivity contribution in [2.45, 2.75) is 87.0 Å². The van der Waals surface area contributed by atoms with Crippen LogP contribution in [0.2, 0.25) is 0 Å². The van der Waals surface area contributed by atoms with Crippen molar-refractivity contribution < 1.29 is 0 Å². The minimum absolute atomic E-state index is 0.529. The van der Waals surface area contributed by atoms with Crippen molar-refractivity contribution >= 4 is 0 Å². The van der Waals surface area contributed by atoms with E-state index >= 15 is 0 Å². The molecule has 0 saturated heterocycles. The van der Waals surface area contributed by atoms with Gasteiger partial charge >= 0.3 is 0 Å². The number of hydrogen-bond donors (Lipinski definition) is 0. The fourth-order valence-electron chi connectivity index (χ4n) is 3.42. The monoisotopic (exact) mass is 240 g/mol. The summed E-state index contributed by atoms with van der Waals surface area (Å²) in [5, 5.41) is 0. The first-order valence-electron chi connectivity index (χ1n) is 7.80. The van der Waals surface area contributed by atoms with Gasteiger partial charge in [0.25, 0.3) is 0 Å². The summed E-state index contributed by atoms with van der Waals surface area (Å²) < 4.78 is 0. The Hall–Kier alpha value is 0. The maximum atomic E-state index is 2.46. The molecule has 0 rings (SSSR count). The van der Waals surface area contributed by atoms with Gasteiger partial charge in [-0.15, -0.1) is 0 Å². The summed E-state index contributed by atoms with van der Waals surface area (Å²) in [6.45, 7) is 16.7. The lowest BCUT2D eigenvalue weighted by molar-refractivity contribution is 0.192. The smallest absolute Gasteiger partial charge is 0.0349 e. The summed E-state index contributed by atoms with van der Waals surface area (Å²) >= 11 is 0. The highest BCUT2D eigenvalue weighted by molar-refractivity contribution is 4.76. The van der Waals surface area contributed by atoms with Gasteiger partial charge in [0.1, 0.15) is 0 Å². The van der Waals surface area contributed by atoms with Crippen molar-refractivity contribution in [1.29, 1.82) is 0 Å². The average Bonchev–Trinajstić information content (AvgIpc) is 2.14. The first kappa shape index (κ1) is 17.0. The van der Waals surface area contributed by atoms with Crippen LogP contribution in [-0.4, -0.2) is 0 Å². The van der Waals surface area contributed by atoms with Crippen molar-refractivity contribution in [3.05, 3.63) is 0 Å². The lowest BCUT2D eigenvalue weighted by atomic mass is 9.73. The van der Waals surface area contributed by atoms with Gasteiger partial charge in [-0.2, -0.15) is 0 Å². The standard InChI is InChI=1S/C17H36/c1-8-10-16(11-15(5)9-2)13-17(6,7)12-14(3)4/h14-16H,8-13H2,1-7H3. The van der Waals surface area contributed by atoms with Crippen LogP contribution in [0.3, 0.4) is 0 Å². The van der Waals surface area contributed by atoms with Crippen LogP contribution < -0.4 is 0 Å². The molecule has 0 radical (unpaired) electrons. The number of hydrogen-bond acceptors (Lipinski definition) is 0. The molecular weight excluding hydrogens is 204 g/mol. The van der Waals surface area contributed by atoms with Gasteiger partial charge in [0.2, 0.25) is 0 Å². The Morgan fingerprint density at radius 3 is 1.94 bits per heavy atom. The predicted octanol–water partition coefficient (Wildman–Crippen LogP) is 6.30. The van der Waals surface area contributed by atoms with Crippen LogP contribution in [0, 0.1) is 23.2 Å². The summed E-state index contributed by atoms with van der Waals surface area (Å²) in [4.78, 5) is 0. The van der Waals surface area contributed by atoms with Crippen LogP contribution in [0.4, 0.5) is 0 Å². The molecule has 0 amide bonds.